The highest BCUT2D eigenvalue weighted by Crippen LogP contribution is 2.35. The van der Waals surface area contributed by atoms with Crippen molar-refractivity contribution in [3.05, 3.63) is 42.1 Å². The maximum absolute atomic E-state index is 13.3. The maximum atomic E-state index is 13.3. The minimum Gasteiger partial charge on any atom is -0.350 e. The van der Waals surface area contributed by atoms with Crippen LogP contribution in [0.5, 0.6) is 0 Å². The SMILES string of the molecule is O=C(CCl)N1CCCC(Nc2ncc(C(F)(F)F)c(Nc3ccccc3)n2)C1. The Morgan fingerprint density at radius 2 is 2.04 bits per heavy atom. The van der Waals surface area contributed by atoms with Gasteiger partial charge in [-0.2, -0.15) is 18.2 Å². The normalized spacial score (nSPS) is 17.3. The van der Waals surface area contributed by atoms with Gasteiger partial charge in [-0.05, 0) is 25.0 Å². The van der Waals surface area contributed by atoms with Gasteiger partial charge in [-0.1, -0.05) is 18.2 Å². The van der Waals surface area contributed by atoms with Crippen LogP contribution in [0, 0.1) is 0 Å². The first-order valence-electron chi connectivity index (χ1n) is 8.73. The van der Waals surface area contributed by atoms with Crippen LogP contribution in [0.25, 0.3) is 0 Å². The molecule has 10 heteroatoms. The lowest BCUT2D eigenvalue weighted by Gasteiger charge is -2.32. The van der Waals surface area contributed by atoms with Gasteiger partial charge in [0.2, 0.25) is 11.9 Å². The Hall–Kier alpha value is -2.55. The molecule has 1 aromatic heterocycles. The number of hydrogen-bond donors (Lipinski definition) is 2. The number of para-hydroxylation sites is 1. The number of nitrogens with one attached hydrogen (secondary N) is 2. The summed E-state index contributed by atoms with van der Waals surface area (Å²) in [4.78, 5) is 21.3. The molecule has 1 saturated heterocycles. The molecule has 150 valence electrons. The van der Waals surface area contributed by atoms with E-state index in [1.807, 2.05) is 0 Å². The first-order valence-corrected chi connectivity index (χ1v) is 9.27. The van der Waals surface area contributed by atoms with Gasteiger partial charge in [0.25, 0.3) is 0 Å². The fraction of sp³-hybridized carbons (Fsp3) is 0.389. The molecular weight excluding hydrogens is 395 g/mol. The molecule has 2 heterocycles. The summed E-state index contributed by atoms with van der Waals surface area (Å²) in [5.41, 5.74) is -0.473. The van der Waals surface area contributed by atoms with E-state index in [0.717, 1.165) is 19.0 Å². The van der Waals surface area contributed by atoms with Crippen molar-refractivity contribution in [1.29, 1.82) is 0 Å². The van der Waals surface area contributed by atoms with Gasteiger partial charge in [0.05, 0.1) is 0 Å². The molecule has 6 nitrogen and oxygen atoms in total. The van der Waals surface area contributed by atoms with Crippen LogP contribution in [0.4, 0.5) is 30.6 Å². The maximum Gasteiger partial charge on any atom is 0.421 e. The van der Waals surface area contributed by atoms with Gasteiger partial charge in [0.15, 0.2) is 0 Å². The van der Waals surface area contributed by atoms with Crippen LogP contribution in [-0.4, -0.2) is 45.8 Å². The van der Waals surface area contributed by atoms with Crippen LogP contribution in [0.2, 0.25) is 0 Å². The minimum absolute atomic E-state index is 0.0663. The van der Waals surface area contributed by atoms with E-state index >= 15 is 0 Å². The Kier molecular flexibility index (Phi) is 6.23. The van der Waals surface area contributed by atoms with Gasteiger partial charge in [-0.3, -0.25) is 4.79 Å². The highest BCUT2D eigenvalue weighted by molar-refractivity contribution is 6.27. The second kappa shape index (κ2) is 8.64. The number of rotatable bonds is 5. The summed E-state index contributed by atoms with van der Waals surface area (Å²) in [7, 11) is 0. The number of carbonyl (C=O) groups excluding carboxylic acids is 1. The van der Waals surface area contributed by atoms with Crippen LogP contribution in [0.15, 0.2) is 36.5 Å². The van der Waals surface area contributed by atoms with Gasteiger partial charge in [-0.15, -0.1) is 11.6 Å². The van der Waals surface area contributed by atoms with Gasteiger partial charge in [0.1, 0.15) is 17.3 Å². The fourth-order valence-corrected chi connectivity index (χ4v) is 3.17. The van der Waals surface area contributed by atoms with E-state index in [2.05, 4.69) is 20.6 Å². The molecule has 1 amide bonds. The van der Waals surface area contributed by atoms with Crippen molar-refractivity contribution in [3.63, 3.8) is 0 Å². The Bertz CT molecular complexity index is 819. The van der Waals surface area contributed by atoms with E-state index in [1.165, 1.54) is 0 Å². The summed E-state index contributed by atoms with van der Waals surface area (Å²) in [6, 6.07) is 8.31. The molecule has 2 N–H and O–H groups in total. The van der Waals surface area contributed by atoms with Crippen LogP contribution in [0.3, 0.4) is 0 Å². The average molecular weight is 414 g/mol. The summed E-state index contributed by atoms with van der Waals surface area (Å²) in [6.45, 7) is 1.01. The lowest BCUT2D eigenvalue weighted by molar-refractivity contribution is -0.137. The Morgan fingerprint density at radius 1 is 1.29 bits per heavy atom. The van der Waals surface area contributed by atoms with Gasteiger partial charge in [0, 0.05) is 31.0 Å². The van der Waals surface area contributed by atoms with Crippen molar-refractivity contribution in [2.24, 2.45) is 0 Å². The van der Waals surface area contributed by atoms with Crippen LogP contribution in [-0.2, 0) is 11.0 Å². The number of nitrogens with zero attached hydrogens (tertiary/aromatic N) is 3. The van der Waals surface area contributed by atoms with Gasteiger partial charge < -0.3 is 15.5 Å². The molecule has 1 unspecified atom stereocenters. The molecular formula is C18H19ClF3N5O. The molecule has 0 saturated carbocycles. The third-order valence-corrected chi connectivity index (χ3v) is 4.58. The minimum atomic E-state index is -4.59. The zero-order valence-corrected chi connectivity index (χ0v) is 15.6. The van der Waals surface area contributed by atoms with Crippen molar-refractivity contribution in [3.8, 4) is 0 Å². The van der Waals surface area contributed by atoms with E-state index in [9.17, 15) is 18.0 Å². The number of halogens is 4. The summed E-state index contributed by atoms with van der Waals surface area (Å²) in [5, 5.41) is 5.73. The molecule has 1 aromatic carbocycles. The van der Waals surface area contributed by atoms with Gasteiger partial charge in [-0.25, -0.2) is 4.98 Å². The first-order chi connectivity index (χ1) is 13.4. The van der Waals surface area contributed by atoms with E-state index in [4.69, 9.17) is 11.6 Å². The van der Waals surface area contributed by atoms with Crippen molar-refractivity contribution < 1.29 is 18.0 Å². The van der Waals surface area contributed by atoms with Crippen LogP contribution in [0.1, 0.15) is 18.4 Å². The Morgan fingerprint density at radius 3 is 2.71 bits per heavy atom. The molecule has 28 heavy (non-hydrogen) atoms. The van der Waals surface area contributed by atoms with E-state index in [0.29, 0.717) is 18.8 Å². The standard InChI is InChI=1S/C18H19ClF3N5O/c19-9-15(28)27-8-4-7-13(11-27)25-17-23-10-14(18(20,21)22)16(26-17)24-12-5-2-1-3-6-12/h1-3,5-6,10,13H,4,7-9,11H2,(H2,23,24,25,26). The monoisotopic (exact) mass is 413 g/mol. The number of aromatic nitrogens is 2. The van der Waals surface area contributed by atoms with Crippen molar-refractivity contribution in [1.82, 2.24) is 14.9 Å². The Balaban J connectivity index is 1.80. The number of hydrogen-bond acceptors (Lipinski definition) is 5. The Labute approximate surface area is 165 Å². The fourth-order valence-electron chi connectivity index (χ4n) is 3.00. The first kappa shape index (κ1) is 20.2. The molecule has 3 rings (SSSR count). The number of benzene rings is 1. The van der Waals surface area contributed by atoms with Crippen molar-refractivity contribution >= 4 is 35.0 Å². The van der Waals surface area contributed by atoms with E-state index < -0.39 is 11.7 Å². The summed E-state index contributed by atoms with van der Waals surface area (Å²) >= 11 is 5.60. The molecule has 0 radical (unpaired) electrons. The molecule has 1 atom stereocenters. The number of amides is 1. The summed E-state index contributed by atoms with van der Waals surface area (Å²) in [5.74, 6) is -0.542. The van der Waals surface area contributed by atoms with Crippen molar-refractivity contribution in [2.45, 2.75) is 25.1 Å². The second-order valence-corrected chi connectivity index (χ2v) is 6.67. The highest BCUT2D eigenvalue weighted by Gasteiger charge is 2.35. The molecule has 0 spiro atoms. The number of carbonyl (C=O) groups is 1. The van der Waals surface area contributed by atoms with E-state index in [-0.39, 0.29) is 29.6 Å². The quantitative estimate of drug-likeness (QED) is 0.728. The lowest BCUT2D eigenvalue weighted by atomic mass is 10.1. The molecule has 1 fully saturated rings. The summed E-state index contributed by atoms with van der Waals surface area (Å²) < 4.78 is 40.0. The smallest absolute Gasteiger partial charge is 0.350 e. The zero-order chi connectivity index (χ0) is 20.1. The van der Waals surface area contributed by atoms with Gasteiger partial charge >= 0.3 is 6.18 Å². The molecule has 1 aliphatic heterocycles. The van der Waals surface area contributed by atoms with Crippen LogP contribution >= 0.6 is 11.6 Å². The molecule has 0 bridgehead atoms. The zero-order valence-electron chi connectivity index (χ0n) is 14.8. The molecule has 2 aromatic rings. The third kappa shape index (κ3) is 5.03. The van der Waals surface area contributed by atoms with E-state index in [1.54, 1.807) is 35.2 Å². The highest BCUT2D eigenvalue weighted by atomic mass is 35.5. The number of piperidine rings is 1. The second-order valence-electron chi connectivity index (χ2n) is 6.40. The number of likely N-dealkylation sites (tertiary alicyclic amines) is 1. The summed E-state index contributed by atoms with van der Waals surface area (Å²) in [6.07, 6.45) is -2.33. The third-order valence-electron chi connectivity index (χ3n) is 4.35. The predicted octanol–water partition coefficient (Wildman–Crippen LogP) is 3.88. The number of alkyl halides is 4. The van der Waals surface area contributed by atoms with Crippen LogP contribution < -0.4 is 10.6 Å². The largest absolute Gasteiger partial charge is 0.421 e. The molecule has 1 aliphatic rings. The lowest BCUT2D eigenvalue weighted by Crippen LogP contribution is -2.45. The number of anilines is 3. The predicted molar refractivity (Wildman–Crippen MR) is 101 cm³/mol. The average Bonchev–Trinajstić information content (AvgIpc) is 2.67. The topological polar surface area (TPSA) is 70.2 Å². The molecule has 0 aliphatic carbocycles. The van der Waals surface area contributed by atoms with Crippen molar-refractivity contribution in [2.75, 3.05) is 29.6 Å².